The Morgan fingerprint density at radius 1 is 1.04 bits per heavy atom. The number of carbonyl (C=O) groups is 1. The van der Waals surface area contributed by atoms with E-state index < -0.39 is 0 Å². The molecule has 0 spiro atoms. The van der Waals surface area contributed by atoms with Gasteiger partial charge in [0, 0.05) is 25.0 Å². The highest BCUT2D eigenvalue weighted by atomic mass is 16.5. The summed E-state index contributed by atoms with van der Waals surface area (Å²) in [6, 6.07) is 21.0. The van der Waals surface area contributed by atoms with Crippen LogP contribution in [0.25, 0.3) is 0 Å². The second-order valence-electron chi connectivity index (χ2n) is 6.19. The average molecular weight is 309 g/mol. The Morgan fingerprint density at radius 2 is 1.65 bits per heavy atom. The van der Waals surface area contributed by atoms with Crippen molar-refractivity contribution < 1.29 is 9.53 Å². The van der Waals surface area contributed by atoms with Gasteiger partial charge in [-0.2, -0.15) is 0 Å². The molecule has 0 bridgehead atoms. The van der Waals surface area contributed by atoms with Gasteiger partial charge in [0.25, 0.3) is 0 Å². The molecule has 0 N–H and O–H groups in total. The molecule has 0 aromatic heterocycles. The van der Waals surface area contributed by atoms with E-state index in [-0.39, 0.29) is 23.8 Å². The number of likely N-dealkylation sites (tertiary alicyclic amines) is 1. The lowest BCUT2D eigenvalue weighted by Gasteiger charge is -2.24. The lowest BCUT2D eigenvalue weighted by molar-refractivity contribution is -0.145. The largest absolute Gasteiger partial charge is 0.469 e. The van der Waals surface area contributed by atoms with Crippen molar-refractivity contribution in [2.24, 2.45) is 5.92 Å². The molecule has 3 nitrogen and oxygen atoms in total. The van der Waals surface area contributed by atoms with E-state index >= 15 is 0 Å². The third-order valence-electron chi connectivity index (χ3n) is 4.91. The van der Waals surface area contributed by atoms with Crippen LogP contribution in [0.2, 0.25) is 0 Å². The summed E-state index contributed by atoms with van der Waals surface area (Å²) in [6.07, 6.45) is 0. The third kappa shape index (κ3) is 3.30. The van der Waals surface area contributed by atoms with Crippen molar-refractivity contribution in [1.29, 1.82) is 0 Å². The highest BCUT2D eigenvalue weighted by molar-refractivity contribution is 5.74. The van der Waals surface area contributed by atoms with Crippen molar-refractivity contribution in [3.63, 3.8) is 0 Å². The van der Waals surface area contributed by atoms with Crippen LogP contribution in [0.1, 0.15) is 30.0 Å². The minimum absolute atomic E-state index is 0.103. The Hall–Kier alpha value is -2.13. The van der Waals surface area contributed by atoms with Crippen molar-refractivity contribution >= 4 is 5.97 Å². The first-order valence-corrected chi connectivity index (χ1v) is 8.12. The molecule has 2 aromatic carbocycles. The zero-order chi connectivity index (χ0) is 16.2. The van der Waals surface area contributed by atoms with Crippen molar-refractivity contribution in [3.8, 4) is 0 Å². The van der Waals surface area contributed by atoms with Gasteiger partial charge in [-0.3, -0.25) is 9.69 Å². The lowest BCUT2D eigenvalue weighted by Crippen LogP contribution is -2.26. The van der Waals surface area contributed by atoms with Gasteiger partial charge in [0.1, 0.15) is 0 Å². The number of methoxy groups -OCH3 is 1. The first-order chi connectivity index (χ1) is 11.2. The molecule has 1 saturated heterocycles. The molecule has 120 valence electrons. The van der Waals surface area contributed by atoms with Crippen molar-refractivity contribution in [3.05, 3.63) is 71.8 Å². The van der Waals surface area contributed by atoms with Crippen LogP contribution in [0.5, 0.6) is 0 Å². The van der Waals surface area contributed by atoms with Crippen LogP contribution >= 0.6 is 0 Å². The van der Waals surface area contributed by atoms with Crippen LogP contribution in [-0.2, 0) is 9.53 Å². The normalized spacial score (nSPS) is 22.7. The summed E-state index contributed by atoms with van der Waals surface area (Å²) in [5, 5.41) is 0. The topological polar surface area (TPSA) is 29.5 Å². The minimum atomic E-state index is -0.110. The summed E-state index contributed by atoms with van der Waals surface area (Å²) in [5.41, 5.74) is 2.50. The fourth-order valence-electron chi connectivity index (χ4n) is 3.52. The van der Waals surface area contributed by atoms with E-state index in [2.05, 4.69) is 48.2 Å². The second kappa shape index (κ2) is 6.97. The highest BCUT2D eigenvalue weighted by Gasteiger charge is 2.40. The van der Waals surface area contributed by atoms with Crippen LogP contribution in [0.3, 0.4) is 0 Å². The van der Waals surface area contributed by atoms with E-state index in [1.54, 1.807) is 0 Å². The zero-order valence-corrected chi connectivity index (χ0v) is 13.7. The van der Waals surface area contributed by atoms with E-state index in [4.69, 9.17) is 4.74 Å². The Morgan fingerprint density at radius 3 is 2.26 bits per heavy atom. The van der Waals surface area contributed by atoms with Crippen LogP contribution in [-0.4, -0.2) is 31.1 Å². The van der Waals surface area contributed by atoms with Crippen molar-refractivity contribution in [1.82, 2.24) is 4.90 Å². The Kier molecular flexibility index (Phi) is 4.77. The Balaban J connectivity index is 1.84. The summed E-state index contributed by atoms with van der Waals surface area (Å²) < 4.78 is 5.05. The van der Waals surface area contributed by atoms with Gasteiger partial charge in [-0.25, -0.2) is 0 Å². The molecule has 0 saturated carbocycles. The van der Waals surface area contributed by atoms with E-state index in [0.29, 0.717) is 0 Å². The predicted molar refractivity (Wildman–Crippen MR) is 91.1 cm³/mol. The Labute approximate surface area is 137 Å². The first-order valence-electron chi connectivity index (χ1n) is 8.12. The molecule has 0 unspecified atom stereocenters. The second-order valence-corrected chi connectivity index (χ2v) is 6.19. The van der Waals surface area contributed by atoms with Gasteiger partial charge in [0.2, 0.25) is 0 Å². The minimum Gasteiger partial charge on any atom is -0.469 e. The smallest absolute Gasteiger partial charge is 0.310 e. The summed E-state index contributed by atoms with van der Waals surface area (Å²) in [7, 11) is 1.48. The molecule has 3 rings (SSSR count). The number of benzene rings is 2. The molecule has 23 heavy (non-hydrogen) atoms. The maximum absolute atomic E-state index is 12.3. The number of hydrogen-bond acceptors (Lipinski definition) is 3. The number of carbonyl (C=O) groups excluding carboxylic acids is 1. The summed E-state index contributed by atoms with van der Waals surface area (Å²) >= 11 is 0. The molecule has 1 aliphatic rings. The van der Waals surface area contributed by atoms with Gasteiger partial charge in [-0.15, -0.1) is 0 Å². The Bertz CT molecular complexity index is 641. The number of hydrogen-bond donors (Lipinski definition) is 0. The van der Waals surface area contributed by atoms with Gasteiger partial charge < -0.3 is 4.74 Å². The molecule has 3 atom stereocenters. The van der Waals surface area contributed by atoms with E-state index in [1.807, 2.05) is 24.3 Å². The van der Waals surface area contributed by atoms with Gasteiger partial charge in [0.15, 0.2) is 0 Å². The summed E-state index contributed by atoms with van der Waals surface area (Å²) in [5.74, 6) is -0.0232. The summed E-state index contributed by atoms with van der Waals surface area (Å²) in [4.78, 5) is 14.6. The molecule has 3 heteroatoms. The average Bonchev–Trinajstić information content (AvgIpc) is 3.07. The van der Waals surface area contributed by atoms with E-state index in [9.17, 15) is 4.79 Å². The number of esters is 1. The van der Waals surface area contributed by atoms with E-state index in [1.165, 1.54) is 18.2 Å². The number of nitrogens with zero attached hydrogens (tertiary/aromatic N) is 1. The molecule has 0 aliphatic carbocycles. The molecule has 2 aromatic rings. The van der Waals surface area contributed by atoms with Crippen LogP contribution in [0, 0.1) is 5.92 Å². The molecule has 1 fully saturated rings. The third-order valence-corrected chi connectivity index (χ3v) is 4.91. The zero-order valence-electron chi connectivity index (χ0n) is 13.7. The molecule has 1 heterocycles. The predicted octanol–water partition coefficient (Wildman–Crippen LogP) is 3.64. The van der Waals surface area contributed by atoms with Gasteiger partial charge in [-0.1, -0.05) is 60.7 Å². The lowest BCUT2D eigenvalue weighted by atomic mass is 9.89. The fourth-order valence-corrected chi connectivity index (χ4v) is 3.52. The quantitative estimate of drug-likeness (QED) is 0.808. The van der Waals surface area contributed by atoms with Gasteiger partial charge in [-0.05, 0) is 18.1 Å². The standard InChI is InChI=1S/C20H23NO2/c1-15(16-9-5-3-6-10-16)21-13-18(17-11-7-4-8-12-17)19(14-21)20(22)23-2/h3-12,15,18-19H,13-14H2,1-2H3/t15-,18+,19-/m1/s1. The number of rotatable bonds is 4. The molecule has 0 amide bonds. The molecule has 0 radical (unpaired) electrons. The van der Waals surface area contributed by atoms with Crippen LogP contribution in [0.4, 0.5) is 0 Å². The maximum atomic E-state index is 12.3. The first kappa shape index (κ1) is 15.8. The molecular weight excluding hydrogens is 286 g/mol. The van der Waals surface area contributed by atoms with Crippen LogP contribution in [0.15, 0.2) is 60.7 Å². The number of ether oxygens (including phenoxy) is 1. The molecule has 1 aliphatic heterocycles. The SMILES string of the molecule is COC(=O)[C@@H]1CN([C@H](C)c2ccccc2)C[C@H]1c1ccccc1. The fraction of sp³-hybridized carbons (Fsp3) is 0.350. The maximum Gasteiger partial charge on any atom is 0.310 e. The van der Waals surface area contributed by atoms with Gasteiger partial charge in [0.05, 0.1) is 13.0 Å². The van der Waals surface area contributed by atoms with Crippen molar-refractivity contribution in [2.45, 2.75) is 18.9 Å². The van der Waals surface area contributed by atoms with Gasteiger partial charge >= 0.3 is 5.97 Å². The monoisotopic (exact) mass is 309 g/mol. The summed E-state index contributed by atoms with van der Waals surface area (Å²) in [6.45, 7) is 3.82. The highest BCUT2D eigenvalue weighted by Crippen LogP contribution is 2.37. The molecular formula is C20H23NO2. The van der Waals surface area contributed by atoms with E-state index in [0.717, 1.165) is 13.1 Å². The van der Waals surface area contributed by atoms with Crippen LogP contribution < -0.4 is 0 Å². The van der Waals surface area contributed by atoms with Crippen molar-refractivity contribution in [2.75, 3.05) is 20.2 Å².